The van der Waals surface area contributed by atoms with Gasteiger partial charge in [-0.05, 0) is 32.5 Å². The summed E-state index contributed by atoms with van der Waals surface area (Å²) < 4.78 is 28.6. The minimum atomic E-state index is -2.96. The Morgan fingerprint density at radius 3 is 2.48 bits per heavy atom. The average Bonchev–Trinajstić information content (AvgIpc) is 2.67. The summed E-state index contributed by atoms with van der Waals surface area (Å²) in [6.07, 6.45) is 1.79. The highest BCUT2D eigenvalue weighted by atomic mass is 127. The third kappa shape index (κ3) is 12.3. The fraction of sp³-hybridized carbons (Fsp3) is 0.650. The van der Waals surface area contributed by atoms with Gasteiger partial charge in [0.25, 0.3) is 0 Å². The maximum absolute atomic E-state index is 11.3. The van der Waals surface area contributed by atoms with Crippen molar-refractivity contribution in [2.24, 2.45) is 4.99 Å². The van der Waals surface area contributed by atoms with Crippen molar-refractivity contribution in [2.45, 2.75) is 39.8 Å². The molecule has 1 aromatic carbocycles. The van der Waals surface area contributed by atoms with E-state index in [-0.39, 0.29) is 35.8 Å². The van der Waals surface area contributed by atoms with E-state index >= 15 is 0 Å². The Bertz CT molecular complexity index is 709. The van der Waals surface area contributed by atoms with E-state index in [1.54, 1.807) is 7.05 Å². The number of likely N-dealkylation sites (N-methyl/N-ethyl adjacent to an activating group) is 1. The molecule has 0 aliphatic heterocycles. The molecule has 1 unspecified atom stereocenters. The molecule has 0 aliphatic rings. The lowest BCUT2D eigenvalue weighted by molar-refractivity contribution is 0.221. The van der Waals surface area contributed by atoms with Crippen LogP contribution in [0.3, 0.4) is 0 Å². The Morgan fingerprint density at radius 2 is 1.90 bits per heavy atom. The number of rotatable bonds is 12. The number of sulfone groups is 1. The van der Waals surface area contributed by atoms with Gasteiger partial charge >= 0.3 is 0 Å². The van der Waals surface area contributed by atoms with Crippen molar-refractivity contribution < 1.29 is 13.2 Å². The molecule has 0 aliphatic carbocycles. The number of hydrogen-bond donors (Lipinski definition) is 2. The van der Waals surface area contributed by atoms with Crippen molar-refractivity contribution in [3.05, 3.63) is 29.8 Å². The van der Waals surface area contributed by atoms with Crippen LogP contribution in [0.1, 0.15) is 32.8 Å². The van der Waals surface area contributed by atoms with E-state index in [1.165, 1.54) is 6.26 Å². The largest absolute Gasteiger partial charge is 0.492 e. The van der Waals surface area contributed by atoms with Crippen LogP contribution in [0.5, 0.6) is 5.75 Å². The number of guanidine groups is 1. The molecule has 1 rings (SSSR count). The molecule has 7 nitrogen and oxygen atoms in total. The maximum Gasteiger partial charge on any atom is 0.191 e. The first-order valence-electron chi connectivity index (χ1n) is 9.87. The molecule has 0 spiro atoms. The van der Waals surface area contributed by atoms with Crippen molar-refractivity contribution in [3.8, 4) is 5.75 Å². The molecule has 9 heteroatoms. The first kappa shape index (κ1) is 27.9. The van der Waals surface area contributed by atoms with Crippen LogP contribution in [0.4, 0.5) is 0 Å². The van der Waals surface area contributed by atoms with Crippen LogP contribution < -0.4 is 15.4 Å². The van der Waals surface area contributed by atoms with Gasteiger partial charge in [0.05, 0.1) is 5.75 Å². The molecule has 1 atom stereocenters. The quantitative estimate of drug-likeness (QED) is 0.241. The molecular formula is C20H37IN4O3S. The van der Waals surface area contributed by atoms with Gasteiger partial charge in [-0.2, -0.15) is 0 Å². The number of aliphatic imine (C=N–C) groups is 1. The van der Waals surface area contributed by atoms with Crippen LogP contribution in [0.15, 0.2) is 29.3 Å². The Hall–Kier alpha value is -1.07. The van der Waals surface area contributed by atoms with E-state index in [0.29, 0.717) is 25.5 Å². The van der Waals surface area contributed by atoms with Gasteiger partial charge in [-0.3, -0.25) is 4.99 Å². The normalized spacial score (nSPS) is 13.0. The van der Waals surface area contributed by atoms with Crippen molar-refractivity contribution >= 4 is 39.8 Å². The molecule has 0 saturated heterocycles. The van der Waals surface area contributed by atoms with Crippen molar-refractivity contribution in [2.75, 3.05) is 45.3 Å². The Kier molecular flexibility index (Phi) is 14.3. The summed E-state index contributed by atoms with van der Waals surface area (Å²) in [5, 5.41) is 6.50. The predicted octanol–water partition coefficient (Wildman–Crippen LogP) is 2.51. The third-order valence-electron chi connectivity index (χ3n) is 4.51. The van der Waals surface area contributed by atoms with E-state index in [0.717, 1.165) is 30.9 Å². The molecule has 0 amide bonds. The second kappa shape index (κ2) is 14.8. The van der Waals surface area contributed by atoms with Gasteiger partial charge < -0.3 is 20.3 Å². The Balaban J connectivity index is 0.00000784. The van der Waals surface area contributed by atoms with Gasteiger partial charge in [-0.1, -0.05) is 32.0 Å². The second-order valence-electron chi connectivity index (χ2n) is 6.87. The van der Waals surface area contributed by atoms with Gasteiger partial charge in [0.1, 0.15) is 22.2 Å². The summed E-state index contributed by atoms with van der Waals surface area (Å²) in [5.74, 6) is 1.66. The zero-order valence-corrected chi connectivity index (χ0v) is 21.4. The molecule has 0 fully saturated rings. The second-order valence-corrected chi connectivity index (χ2v) is 9.13. The van der Waals surface area contributed by atoms with Crippen LogP contribution in [0.2, 0.25) is 0 Å². The molecule has 0 aromatic heterocycles. The first-order valence-corrected chi connectivity index (χ1v) is 11.9. The van der Waals surface area contributed by atoms with Gasteiger partial charge in [0.2, 0.25) is 0 Å². The number of nitrogens with zero attached hydrogens (tertiary/aromatic N) is 2. The summed E-state index contributed by atoms with van der Waals surface area (Å²) in [5.41, 5.74) is 1.05. The van der Waals surface area contributed by atoms with Crippen LogP contribution >= 0.6 is 24.0 Å². The van der Waals surface area contributed by atoms with Crippen molar-refractivity contribution in [1.29, 1.82) is 0 Å². The third-order valence-corrected chi connectivity index (χ3v) is 5.48. The highest BCUT2D eigenvalue weighted by Gasteiger charge is 2.10. The minimum absolute atomic E-state index is 0. The van der Waals surface area contributed by atoms with Crippen molar-refractivity contribution in [1.82, 2.24) is 15.5 Å². The van der Waals surface area contributed by atoms with Crippen LogP contribution in [0, 0.1) is 0 Å². The maximum atomic E-state index is 11.3. The van der Waals surface area contributed by atoms with E-state index in [4.69, 9.17) is 4.74 Å². The number of ether oxygens (including phenoxy) is 1. The molecule has 0 radical (unpaired) electrons. The van der Waals surface area contributed by atoms with Gasteiger partial charge in [-0.15, -0.1) is 24.0 Å². The van der Waals surface area contributed by atoms with Crippen LogP contribution in [-0.4, -0.2) is 70.6 Å². The van der Waals surface area contributed by atoms with E-state index in [2.05, 4.69) is 34.4 Å². The smallest absolute Gasteiger partial charge is 0.191 e. The standard InChI is InChI=1S/C20H36N4O3S.HI/c1-6-24(7-2)13-14-27-19-11-9-8-10-18(19)16-22-20(21-4)23-17(3)12-15-28(5,25)26;/h8-11,17H,6-7,12-16H2,1-5H3,(H2,21,22,23);1H. The van der Waals surface area contributed by atoms with Gasteiger partial charge in [0.15, 0.2) is 5.96 Å². The lowest BCUT2D eigenvalue weighted by Gasteiger charge is -2.20. The summed E-state index contributed by atoms with van der Waals surface area (Å²) in [6.45, 7) is 10.4. The first-order chi connectivity index (χ1) is 13.3. The summed E-state index contributed by atoms with van der Waals surface area (Å²) in [6, 6.07) is 7.96. The van der Waals surface area contributed by atoms with Crippen molar-refractivity contribution in [3.63, 3.8) is 0 Å². The average molecular weight is 541 g/mol. The monoisotopic (exact) mass is 540 g/mol. The zero-order valence-electron chi connectivity index (χ0n) is 18.3. The molecule has 168 valence electrons. The molecule has 1 aromatic rings. The minimum Gasteiger partial charge on any atom is -0.492 e. The lowest BCUT2D eigenvalue weighted by Crippen LogP contribution is -2.42. The number of hydrogen-bond acceptors (Lipinski definition) is 5. The fourth-order valence-electron chi connectivity index (χ4n) is 2.69. The summed E-state index contributed by atoms with van der Waals surface area (Å²) in [4.78, 5) is 6.55. The molecule has 0 bridgehead atoms. The number of para-hydroxylation sites is 1. The SMILES string of the molecule is CCN(CC)CCOc1ccccc1CNC(=NC)NC(C)CCS(C)(=O)=O.I. The number of nitrogens with one attached hydrogen (secondary N) is 2. The topological polar surface area (TPSA) is 83.0 Å². The highest BCUT2D eigenvalue weighted by molar-refractivity contribution is 14.0. The summed E-state index contributed by atoms with van der Waals surface area (Å²) >= 11 is 0. The van der Waals surface area contributed by atoms with E-state index < -0.39 is 9.84 Å². The molecule has 0 saturated carbocycles. The summed E-state index contributed by atoms with van der Waals surface area (Å²) in [7, 11) is -1.26. The van der Waals surface area contributed by atoms with E-state index in [9.17, 15) is 8.42 Å². The number of benzene rings is 1. The molecule has 0 heterocycles. The molecule has 29 heavy (non-hydrogen) atoms. The number of halogens is 1. The van der Waals surface area contributed by atoms with Gasteiger partial charge in [0, 0.05) is 38.0 Å². The Labute approximate surface area is 193 Å². The van der Waals surface area contributed by atoms with Crippen LogP contribution in [0.25, 0.3) is 0 Å². The Morgan fingerprint density at radius 1 is 1.24 bits per heavy atom. The van der Waals surface area contributed by atoms with Crippen LogP contribution in [-0.2, 0) is 16.4 Å². The molecular weight excluding hydrogens is 503 g/mol. The predicted molar refractivity (Wildman–Crippen MR) is 132 cm³/mol. The van der Waals surface area contributed by atoms with E-state index in [1.807, 2.05) is 31.2 Å². The highest BCUT2D eigenvalue weighted by Crippen LogP contribution is 2.17. The zero-order chi connectivity index (χ0) is 21.0. The van der Waals surface area contributed by atoms with Gasteiger partial charge in [-0.25, -0.2) is 8.42 Å². The lowest BCUT2D eigenvalue weighted by atomic mass is 10.2. The fourth-order valence-corrected chi connectivity index (χ4v) is 3.47. The molecule has 2 N–H and O–H groups in total.